The molecule has 4 heteroatoms. The van der Waals surface area contributed by atoms with Crippen molar-refractivity contribution < 1.29 is 4.74 Å². The molecule has 0 aliphatic heterocycles. The Kier molecular flexibility index (Phi) is 3.89. The first-order valence-corrected chi connectivity index (χ1v) is 5.22. The van der Waals surface area contributed by atoms with Crippen LogP contribution in [0.2, 0.25) is 0 Å². The van der Waals surface area contributed by atoms with Gasteiger partial charge in [-0.15, -0.1) is 0 Å². The Bertz CT molecular complexity index is 302. The quantitative estimate of drug-likeness (QED) is 0.902. The van der Waals surface area contributed by atoms with Crippen molar-refractivity contribution in [3.05, 3.63) is 22.8 Å². The van der Waals surface area contributed by atoms with Crippen LogP contribution in [0.3, 0.4) is 0 Å². The summed E-state index contributed by atoms with van der Waals surface area (Å²) in [5.41, 5.74) is -0.119. The van der Waals surface area contributed by atoms with E-state index in [0.717, 1.165) is 10.3 Å². The van der Waals surface area contributed by atoms with E-state index < -0.39 is 0 Å². The molecule has 0 bridgehead atoms. The lowest BCUT2D eigenvalue weighted by molar-refractivity contribution is 0.158. The monoisotopic (exact) mass is 258 g/mol. The smallest absolute Gasteiger partial charge is 0.140 e. The Balaban J connectivity index is 2.73. The van der Waals surface area contributed by atoms with E-state index in [1.165, 1.54) is 0 Å². The molecule has 1 N–H and O–H groups in total. The number of nitrogens with one attached hydrogen (secondary N) is 1. The lowest BCUT2D eigenvalue weighted by Crippen LogP contribution is -2.36. The molecule has 0 aliphatic rings. The summed E-state index contributed by atoms with van der Waals surface area (Å²) in [6, 6.07) is 3.84. The van der Waals surface area contributed by atoms with E-state index in [-0.39, 0.29) is 5.54 Å². The topological polar surface area (TPSA) is 34.1 Å². The summed E-state index contributed by atoms with van der Waals surface area (Å²) in [6.45, 7) is 4.77. The van der Waals surface area contributed by atoms with Gasteiger partial charge >= 0.3 is 0 Å². The zero-order chi connectivity index (χ0) is 10.6. The van der Waals surface area contributed by atoms with E-state index in [2.05, 4.69) is 40.1 Å². The Hall–Kier alpha value is -0.610. The predicted molar refractivity (Wildman–Crippen MR) is 61.5 cm³/mol. The van der Waals surface area contributed by atoms with E-state index in [0.29, 0.717) is 6.61 Å². The van der Waals surface area contributed by atoms with Gasteiger partial charge in [0.05, 0.1) is 16.6 Å². The summed E-state index contributed by atoms with van der Waals surface area (Å²) in [5.74, 6) is 0.842. The average Bonchev–Trinajstić information content (AvgIpc) is 2.08. The molecule has 3 nitrogen and oxygen atoms in total. The highest BCUT2D eigenvalue weighted by Gasteiger charge is 2.18. The summed E-state index contributed by atoms with van der Waals surface area (Å²) < 4.78 is 6.08. The van der Waals surface area contributed by atoms with Gasteiger partial charge in [-0.05, 0) is 41.9 Å². The number of methoxy groups -OCH3 is 1. The fourth-order valence-corrected chi connectivity index (χ4v) is 1.55. The van der Waals surface area contributed by atoms with Crippen molar-refractivity contribution in [2.24, 2.45) is 0 Å². The number of hydrogen-bond acceptors (Lipinski definition) is 3. The number of pyridine rings is 1. The molecule has 0 spiro atoms. The van der Waals surface area contributed by atoms with E-state index in [4.69, 9.17) is 4.74 Å². The first-order chi connectivity index (χ1) is 6.55. The lowest BCUT2D eigenvalue weighted by atomic mass is 10.1. The van der Waals surface area contributed by atoms with Crippen LogP contribution in [0.15, 0.2) is 22.8 Å². The highest BCUT2D eigenvalue weighted by atomic mass is 79.9. The zero-order valence-electron chi connectivity index (χ0n) is 8.67. The fraction of sp³-hybridized carbons (Fsp3) is 0.500. The van der Waals surface area contributed by atoms with Crippen molar-refractivity contribution in [3.63, 3.8) is 0 Å². The number of aromatic nitrogens is 1. The van der Waals surface area contributed by atoms with E-state index in [1.807, 2.05) is 12.1 Å². The summed E-state index contributed by atoms with van der Waals surface area (Å²) in [6.07, 6.45) is 1.76. The van der Waals surface area contributed by atoms with Crippen LogP contribution < -0.4 is 5.32 Å². The molecule has 0 aromatic carbocycles. The third-order valence-electron chi connectivity index (χ3n) is 1.72. The van der Waals surface area contributed by atoms with Crippen LogP contribution >= 0.6 is 15.9 Å². The van der Waals surface area contributed by atoms with Crippen molar-refractivity contribution in [1.29, 1.82) is 0 Å². The van der Waals surface area contributed by atoms with Crippen LogP contribution in [0.5, 0.6) is 0 Å². The second-order valence-corrected chi connectivity index (χ2v) is 4.63. The number of nitrogens with zero attached hydrogens (tertiary/aromatic N) is 1. The Morgan fingerprint density at radius 2 is 2.29 bits per heavy atom. The SMILES string of the molecule is COCC(C)(C)Nc1ncccc1Br. The molecule has 0 aliphatic carbocycles. The van der Waals surface area contributed by atoms with Crippen molar-refractivity contribution in [3.8, 4) is 0 Å². The normalized spacial score (nSPS) is 11.4. The molecule has 0 unspecified atom stereocenters. The minimum atomic E-state index is -0.119. The number of rotatable bonds is 4. The number of ether oxygens (including phenoxy) is 1. The van der Waals surface area contributed by atoms with E-state index >= 15 is 0 Å². The van der Waals surface area contributed by atoms with Gasteiger partial charge < -0.3 is 10.1 Å². The van der Waals surface area contributed by atoms with E-state index in [9.17, 15) is 0 Å². The molecule has 0 fully saturated rings. The minimum Gasteiger partial charge on any atom is -0.382 e. The number of halogens is 1. The first kappa shape index (κ1) is 11.5. The van der Waals surface area contributed by atoms with Crippen molar-refractivity contribution >= 4 is 21.7 Å². The summed E-state index contributed by atoms with van der Waals surface area (Å²) >= 11 is 3.43. The van der Waals surface area contributed by atoms with Crippen molar-refractivity contribution in [2.45, 2.75) is 19.4 Å². The second-order valence-electron chi connectivity index (χ2n) is 3.78. The number of anilines is 1. The van der Waals surface area contributed by atoms with Gasteiger partial charge in [0.15, 0.2) is 0 Å². The predicted octanol–water partition coefficient (Wildman–Crippen LogP) is 2.68. The van der Waals surface area contributed by atoms with Gasteiger partial charge in [0.25, 0.3) is 0 Å². The molecule has 1 aromatic rings. The third-order valence-corrected chi connectivity index (χ3v) is 2.36. The van der Waals surface area contributed by atoms with Crippen LogP contribution in [0, 0.1) is 0 Å². The molecule has 1 rings (SSSR count). The molecule has 1 aromatic heterocycles. The van der Waals surface area contributed by atoms with Crippen molar-refractivity contribution in [1.82, 2.24) is 4.98 Å². The highest BCUT2D eigenvalue weighted by Crippen LogP contribution is 2.22. The van der Waals surface area contributed by atoms with Crippen molar-refractivity contribution in [2.75, 3.05) is 19.0 Å². The van der Waals surface area contributed by atoms with Gasteiger partial charge in [0.1, 0.15) is 5.82 Å². The average molecular weight is 259 g/mol. The second kappa shape index (κ2) is 4.75. The van der Waals surface area contributed by atoms with Crippen LogP contribution in [0.1, 0.15) is 13.8 Å². The third kappa shape index (κ3) is 3.27. The van der Waals surface area contributed by atoms with Gasteiger partial charge in [-0.25, -0.2) is 4.98 Å². The highest BCUT2D eigenvalue weighted by molar-refractivity contribution is 9.10. The molecule has 0 amide bonds. The fourth-order valence-electron chi connectivity index (χ4n) is 1.20. The van der Waals surface area contributed by atoms with Gasteiger partial charge in [0, 0.05) is 13.3 Å². The van der Waals surface area contributed by atoms with Crippen LogP contribution in [-0.2, 0) is 4.74 Å². The summed E-state index contributed by atoms with van der Waals surface area (Å²) in [5, 5.41) is 3.30. The maximum absolute atomic E-state index is 5.11. The van der Waals surface area contributed by atoms with Gasteiger partial charge in [0.2, 0.25) is 0 Å². The zero-order valence-corrected chi connectivity index (χ0v) is 10.3. The Morgan fingerprint density at radius 3 is 2.86 bits per heavy atom. The van der Waals surface area contributed by atoms with E-state index in [1.54, 1.807) is 13.3 Å². The Labute approximate surface area is 93.0 Å². The first-order valence-electron chi connectivity index (χ1n) is 4.43. The standard InChI is InChI=1S/C10H15BrN2O/c1-10(2,7-14-3)13-9-8(11)5-4-6-12-9/h4-6H,7H2,1-3H3,(H,12,13). The molecular weight excluding hydrogens is 244 g/mol. The number of hydrogen-bond donors (Lipinski definition) is 1. The van der Waals surface area contributed by atoms with Crippen LogP contribution in [0.25, 0.3) is 0 Å². The molecular formula is C10H15BrN2O. The maximum atomic E-state index is 5.11. The van der Waals surface area contributed by atoms with Gasteiger partial charge in [-0.1, -0.05) is 0 Å². The molecule has 14 heavy (non-hydrogen) atoms. The molecule has 0 atom stereocenters. The summed E-state index contributed by atoms with van der Waals surface area (Å²) in [4.78, 5) is 4.23. The summed E-state index contributed by atoms with van der Waals surface area (Å²) in [7, 11) is 1.69. The molecule has 0 radical (unpaired) electrons. The Morgan fingerprint density at radius 1 is 1.57 bits per heavy atom. The molecule has 0 saturated heterocycles. The van der Waals surface area contributed by atoms with Crippen LogP contribution in [0.4, 0.5) is 5.82 Å². The van der Waals surface area contributed by atoms with Gasteiger partial charge in [-0.2, -0.15) is 0 Å². The minimum absolute atomic E-state index is 0.119. The lowest BCUT2D eigenvalue weighted by Gasteiger charge is -2.26. The van der Waals surface area contributed by atoms with Gasteiger partial charge in [-0.3, -0.25) is 0 Å². The largest absolute Gasteiger partial charge is 0.382 e. The molecule has 0 saturated carbocycles. The van der Waals surface area contributed by atoms with Crippen LogP contribution in [-0.4, -0.2) is 24.2 Å². The molecule has 78 valence electrons. The molecule has 1 heterocycles. The maximum Gasteiger partial charge on any atom is 0.140 e.